The van der Waals surface area contributed by atoms with Crippen LogP contribution in [0, 0.1) is 0 Å². The largest absolute Gasteiger partial charge is 0.270 e. The molecule has 0 bridgehead atoms. The van der Waals surface area contributed by atoms with Gasteiger partial charge in [0.05, 0.1) is 27.5 Å². The summed E-state index contributed by atoms with van der Waals surface area (Å²) in [5, 5.41) is 9.11. The minimum Gasteiger partial charge on any atom is -0.270 e. The van der Waals surface area contributed by atoms with Crippen LogP contribution in [0.4, 0.5) is 0 Å². The van der Waals surface area contributed by atoms with Crippen molar-refractivity contribution in [2.45, 2.75) is 45.7 Å². The molecule has 0 saturated carbocycles. The fourth-order valence-electron chi connectivity index (χ4n) is 2.16. The molecule has 8 heteroatoms. The van der Waals surface area contributed by atoms with E-state index in [9.17, 15) is 0 Å². The Bertz CT molecular complexity index is 564. The van der Waals surface area contributed by atoms with Crippen molar-refractivity contribution in [3.63, 3.8) is 0 Å². The number of hydrogen-bond donors (Lipinski definition) is 2. The first kappa shape index (κ1) is 15.4. The first-order chi connectivity index (χ1) is 9.60. The highest BCUT2D eigenvalue weighted by molar-refractivity contribution is 7.05. The molecule has 1 atom stereocenters. The van der Waals surface area contributed by atoms with Crippen LogP contribution in [0.5, 0.6) is 0 Å². The van der Waals surface area contributed by atoms with Crippen LogP contribution in [0.3, 0.4) is 0 Å². The molecule has 0 saturated heterocycles. The summed E-state index contributed by atoms with van der Waals surface area (Å²) < 4.78 is 5.92. The fourth-order valence-corrected chi connectivity index (χ4v) is 3.16. The molecule has 110 valence electrons. The van der Waals surface area contributed by atoms with Gasteiger partial charge in [0.15, 0.2) is 0 Å². The van der Waals surface area contributed by atoms with Gasteiger partial charge in [0.25, 0.3) is 0 Å². The highest BCUT2D eigenvalue weighted by Gasteiger charge is 2.26. The summed E-state index contributed by atoms with van der Waals surface area (Å²) in [6.07, 6.45) is 3.53. The molecule has 1 unspecified atom stereocenters. The van der Waals surface area contributed by atoms with Gasteiger partial charge in [0, 0.05) is 6.04 Å². The molecule has 6 nitrogen and oxygen atoms in total. The van der Waals surface area contributed by atoms with E-state index in [-0.39, 0.29) is 12.1 Å². The lowest BCUT2D eigenvalue weighted by Crippen LogP contribution is -2.31. The molecule has 0 radical (unpaired) electrons. The Morgan fingerprint density at radius 2 is 2.25 bits per heavy atom. The number of rotatable bonds is 6. The zero-order valence-electron chi connectivity index (χ0n) is 11.8. The van der Waals surface area contributed by atoms with Crippen LogP contribution in [-0.2, 0) is 6.42 Å². The van der Waals surface area contributed by atoms with E-state index in [1.54, 1.807) is 6.20 Å². The van der Waals surface area contributed by atoms with Gasteiger partial charge < -0.3 is 0 Å². The van der Waals surface area contributed by atoms with E-state index >= 15 is 0 Å². The van der Waals surface area contributed by atoms with Crippen molar-refractivity contribution in [3.8, 4) is 0 Å². The maximum Gasteiger partial charge on any atom is 0.102 e. The van der Waals surface area contributed by atoms with Gasteiger partial charge >= 0.3 is 0 Å². The van der Waals surface area contributed by atoms with Gasteiger partial charge in [-0.25, -0.2) is 5.43 Å². The number of hydrazine groups is 1. The Kier molecular flexibility index (Phi) is 5.09. The summed E-state index contributed by atoms with van der Waals surface area (Å²) in [4.78, 5) is 0.999. The van der Waals surface area contributed by atoms with E-state index in [4.69, 9.17) is 17.4 Å². The molecule has 0 aromatic carbocycles. The summed E-state index contributed by atoms with van der Waals surface area (Å²) in [6.45, 7) is 6.22. The first-order valence-corrected chi connectivity index (χ1v) is 7.75. The van der Waals surface area contributed by atoms with Gasteiger partial charge in [-0.1, -0.05) is 29.4 Å². The topological polar surface area (TPSA) is 81.7 Å². The number of aromatic nitrogens is 4. The normalized spacial score (nSPS) is 13.1. The Morgan fingerprint density at radius 1 is 1.50 bits per heavy atom. The Morgan fingerprint density at radius 3 is 2.85 bits per heavy atom. The van der Waals surface area contributed by atoms with Crippen LogP contribution in [0.2, 0.25) is 5.02 Å². The van der Waals surface area contributed by atoms with Crippen LogP contribution < -0.4 is 11.3 Å². The van der Waals surface area contributed by atoms with Crippen molar-refractivity contribution >= 4 is 23.1 Å². The van der Waals surface area contributed by atoms with E-state index in [0.717, 1.165) is 29.1 Å². The van der Waals surface area contributed by atoms with Crippen LogP contribution in [0.15, 0.2) is 6.20 Å². The van der Waals surface area contributed by atoms with Gasteiger partial charge in [-0.3, -0.25) is 10.5 Å². The summed E-state index contributed by atoms with van der Waals surface area (Å²) in [6, 6.07) is -0.0437. The van der Waals surface area contributed by atoms with E-state index in [2.05, 4.69) is 40.9 Å². The second-order valence-electron chi connectivity index (χ2n) is 4.85. The Balaban J connectivity index is 2.47. The molecule has 0 amide bonds. The minimum atomic E-state index is -0.242. The third-order valence-corrected chi connectivity index (χ3v) is 4.17. The monoisotopic (exact) mass is 314 g/mol. The summed E-state index contributed by atoms with van der Waals surface area (Å²) in [5.74, 6) is 5.76. The minimum absolute atomic E-state index is 0.198. The zero-order chi connectivity index (χ0) is 14.7. The van der Waals surface area contributed by atoms with Crippen molar-refractivity contribution in [2.75, 3.05) is 0 Å². The molecule has 2 heterocycles. The van der Waals surface area contributed by atoms with Crippen molar-refractivity contribution in [3.05, 3.63) is 27.5 Å². The van der Waals surface area contributed by atoms with Gasteiger partial charge in [0.2, 0.25) is 0 Å². The lowest BCUT2D eigenvalue weighted by Gasteiger charge is -2.19. The SMILES string of the molecule is CCCc1nnsc1C(NN)c1c(Cl)cnn1C(C)C. The second-order valence-corrected chi connectivity index (χ2v) is 6.04. The molecule has 0 aliphatic heterocycles. The Hall–Kier alpha value is -1.02. The average Bonchev–Trinajstić information content (AvgIpc) is 3.00. The van der Waals surface area contributed by atoms with Crippen LogP contribution in [0.1, 0.15) is 55.5 Å². The van der Waals surface area contributed by atoms with Gasteiger partial charge in [-0.05, 0) is 31.8 Å². The third-order valence-electron chi connectivity index (χ3n) is 3.05. The van der Waals surface area contributed by atoms with Crippen LogP contribution in [0.25, 0.3) is 0 Å². The van der Waals surface area contributed by atoms with E-state index in [1.807, 2.05) is 4.68 Å². The molecule has 0 aliphatic carbocycles. The van der Waals surface area contributed by atoms with Crippen LogP contribution in [-0.4, -0.2) is 19.4 Å². The number of aryl methyl sites for hydroxylation is 1. The van der Waals surface area contributed by atoms with E-state index in [1.165, 1.54) is 11.5 Å². The summed E-state index contributed by atoms with van der Waals surface area (Å²) >= 11 is 7.64. The maximum atomic E-state index is 6.29. The fraction of sp³-hybridized carbons (Fsp3) is 0.583. The van der Waals surface area contributed by atoms with Crippen molar-refractivity contribution < 1.29 is 0 Å². The molecule has 20 heavy (non-hydrogen) atoms. The first-order valence-electron chi connectivity index (χ1n) is 6.60. The zero-order valence-corrected chi connectivity index (χ0v) is 13.4. The third kappa shape index (κ3) is 2.85. The van der Waals surface area contributed by atoms with Gasteiger partial charge in [0.1, 0.15) is 6.04 Å². The Labute approximate surface area is 127 Å². The number of nitrogens with two attached hydrogens (primary N) is 1. The van der Waals surface area contributed by atoms with Gasteiger partial charge in [-0.15, -0.1) is 5.10 Å². The molecular weight excluding hydrogens is 296 g/mol. The molecule has 2 aromatic heterocycles. The molecular formula is C12H19ClN6S. The molecule has 2 rings (SSSR count). The molecule has 2 aromatic rings. The lowest BCUT2D eigenvalue weighted by atomic mass is 10.1. The second kappa shape index (κ2) is 6.62. The summed E-state index contributed by atoms with van der Waals surface area (Å²) in [5.41, 5.74) is 4.65. The summed E-state index contributed by atoms with van der Waals surface area (Å²) in [7, 11) is 0. The molecule has 0 fully saturated rings. The predicted molar refractivity (Wildman–Crippen MR) is 80.7 cm³/mol. The lowest BCUT2D eigenvalue weighted by molar-refractivity contribution is 0.477. The van der Waals surface area contributed by atoms with Gasteiger partial charge in [-0.2, -0.15) is 5.10 Å². The van der Waals surface area contributed by atoms with Crippen molar-refractivity contribution in [2.24, 2.45) is 5.84 Å². The van der Waals surface area contributed by atoms with Crippen LogP contribution >= 0.6 is 23.1 Å². The maximum absolute atomic E-state index is 6.29. The predicted octanol–water partition coefficient (Wildman–Crippen LogP) is 2.47. The molecule has 3 N–H and O–H groups in total. The average molecular weight is 315 g/mol. The standard InChI is InChI=1S/C12H19ClN6S/c1-4-5-9-12(20-18-17-9)10(16-14)11-8(13)6-15-19(11)7(2)3/h6-7,10,16H,4-5,14H2,1-3H3. The van der Waals surface area contributed by atoms with E-state index in [0.29, 0.717) is 5.02 Å². The number of nitrogens with zero attached hydrogens (tertiary/aromatic N) is 4. The highest BCUT2D eigenvalue weighted by atomic mass is 35.5. The molecule has 0 aliphatic rings. The van der Waals surface area contributed by atoms with Crippen molar-refractivity contribution in [1.82, 2.24) is 24.8 Å². The van der Waals surface area contributed by atoms with E-state index < -0.39 is 0 Å². The number of nitrogens with one attached hydrogen (secondary N) is 1. The molecule has 0 spiro atoms. The highest BCUT2D eigenvalue weighted by Crippen LogP contribution is 2.32. The quantitative estimate of drug-likeness (QED) is 0.632. The number of hydrogen-bond acceptors (Lipinski definition) is 6. The smallest absolute Gasteiger partial charge is 0.102 e. The van der Waals surface area contributed by atoms with Crippen molar-refractivity contribution in [1.29, 1.82) is 0 Å². The number of halogens is 1.